The molecule has 2 heterocycles. The Kier molecular flexibility index (Phi) is 3.92. The Bertz CT molecular complexity index is 601. The number of rotatable bonds is 7. The van der Waals surface area contributed by atoms with Crippen molar-refractivity contribution in [3.05, 3.63) is 6.33 Å². The molecule has 2 aromatic rings. The monoisotopic (exact) mass is 290 g/mol. The van der Waals surface area contributed by atoms with E-state index in [1.54, 1.807) is 13.4 Å². The number of H-pyrrole nitrogens is 1. The first kappa shape index (κ1) is 14.1. The van der Waals surface area contributed by atoms with Crippen LogP contribution in [0.2, 0.25) is 0 Å². The molecule has 0 spiro atoms. The molecule has 1 aliphatic rings. The van der Waals surface area contributed by atoms with Crippen LogP contribution in [0.25, 0.3) is 11.2 Å². The van der Waals surface area contributed by atoms with Crippen LogP contribution in [0.15, 0.2) is 6.33 Å². The highest BCUT2D eigenvalue weighted by atomic mass is 16.5. The van der Waals surface area contributed by atoms with Crippen LogP contribution in [0.5, 0.6) is 0 Å². The number of hydrogen-bond acceptors (Lipinski definition) is 6. The predicted octanol–water partition coefficient (Wildman–Crippen LogP) is 2.16. The third-order valence-corrected chi connectivity index (χ3v) is 4.09. The second-order valence-electron chi connectivity index (χ2n) is 5.52. The number of nitrogens with one attached hydrogen (secondary N) is 3. The van der Waals surface area contributed by atoms with E-state index in [-0.39, 0.29) is 5.60 Å². The minimum Gasteiger partial charge on any atom is -0.376 e. The Morgan fingerprint density at radius 2 is 2.19 bits per heavy atom. The molecule has 21 heavy (non-hydrogen) atoms. The van der Waals surface area contributed by atoms with Gasteiger partial charge in [0, 0.05) is 20.2 Å². The third-order valence-electron chi connectivity index (χ3n) is 4.09. The van der Waals surface area contributed by atoms with E-state index in [4.69, 9.17) is 4.74 Å². The van der Waals surface area contributed by atoms with Crippen molar-refractivity contribution in [1.82, 2.24) is 19.9 Å². The molecule has 0 unspecified atom stereocenters. The summed E-state index contributed by atoms with van der Waals surface area (Å²) in [5.74, 6) is 1.39. The zero-order chi connectivity index (χ0) is 14.7. The Morgan fingerprint density at radius 1 is 1.33 bits per heavy atom. The van der Waals surface area contributed by atoms with E-state index in [1.807, 2.05) is 0 Å². The van der Waals surface area contributed by atoms with E-state index in [0.717, 1.165) is 43.7 Å². The van der Waals surface area contributed by atoms with Crippen molar-refractivity contribution >= 4 is 22.9 Å². The van der Waals surface area contributed by atoms with Gasteiger partial charge in [0.2, 0.25) is 5.95 Å². The first-order valence-electron chi connectivity index (χ1n) is 7.50. The average molecular weight is 290 g/mol. The van der Waals surface area contributed by atoms with Crippen LogP contribution in [0.3, 0.4) is 0 Å². The molecule has 7 heteroatoms. The van der Waals surface area contributed by atoms with Gasteiger partial charge in [0.15, 0.2) is 11.5 Å². The summed E-state index contributed by atoms with van der Waals surface area (Å²) in [5.41, 5.74) is 1.46. The maximum atomic E-state index is 5.64. The van der Waals surface area contributed by atoms with Crippen molar-refractivity contribution < 1.29 is 4.74 Å². The first-order chi connectivity index (χ1) is 10.3. The fraction of sp³-hybridized carbons (Fsp3) is 0.643. The highest BCUT2D eigenvalue weighted by Crippen LogP contribution is 2.35. The molecule has 0 aromatic carbocycles. The summed E-state index contributed by atoms with van der Waals surface area (Å²) in [7, 11) is 1.78. The highest BCUT2D eigenvalue weighted by Gasteiger charge is 2.37. The molecule has 0 saturated heterocycles. The number of fused-ring (bicyclic) bond motifs is 1. The summed E-state index contributed by atoms with van der Waals surface area (Å²) in [6.07, 6.45) is 6.08. The van der Waals surface area contributed by atoms with Gasteiger partial charge in [-0.15, -0.1) is 0 Å². The molecule has 114 valence electrons. The van der Waals surface area contributed by atoms with Crippen LogP contribution in [0.1, 0.15) is 32.6 Å². The Morgan fingerprint density at radius 3 is 2.86 bits per heavy atom. The van der Waals surface area contributed by atoms with Crippen molar-refractivity contribution in [2.45, 2.75) is 38.2 Å². The second-order valence-corrected chi connectivity index (χ2v) is 5.52. The van der Waals surface area contributed by atoms with Crippen molar-refractivity contribution in [3.8, 4) is 0 Å². The van der Waals surface area contributed by atoms with E-state index in [0.29, 0.717) is 11.6 Å². The van der Waals surface area contributed by atoms with Gasteiger partial charge in [-0.1, -0.05) is 6.92 Å². The molecule has 0 aliphatic heterocycles. The summed E-state index contributed by atoms with van der Waals surface area (Å²) in [6.45, 7) is 3.71. The number of aromatic nitrogens is 4. The summed E-state index contributed by atoms with van der Waals surface area (Å²) >= 11 is 0. The number of ether oxygens (including phenoxy) is 1. The van der Waals surface area contributed by atoms with E-state index in [2.05, 4.69) is 37.5 Å². The normalized spacial score (nSPS) is 16.7. The highest BCUT2D eigenvalue weighted by molar-refractivity contribution is 5.83. The van der Waals surface area contributed by atoms with Crippen molar-refractivity contribution in [1.29, 1.82) is 0 Å². The fourth-order valence-corrected chi connectivity index (χ4v) is 2.55. The lowest BCUT2D eigenvalue weighted by Crippen LogP contribution is -2.45. The molecule has 1 fully saturated rings. The van der Waals surface area contributed by atoms with Crippen LogP contribution < -0.4 is 10.6 Å². The minimum atomic E-state index is -0.0473. The standard InChI is InChI=1S/C14H22N6O/c1-3-7-15-13-19-11(10-12(20-13)18-9-17-10)16-8-14(21-2)5-4-6-14/h9H,3-8H2,1-2H3,(H3,15,16,17,18,19,20). The van der Waals surface area contributed by atoms with E-state index in [9.17, 15) is 0 Å². The Labute approximate surface area is 123 Å². The number of hydrogen-bond donors (Lipinski definition) is 3. The molecule has 1 aliphatic carbocycles. The van der Waals surface area contributed by atoms with Gasteiger partial charge in [0.25, 0.3) is 0 Å². The number of anilines is 2. The second kappa shape index (κ2) is 5.85. The van der Waals surface area contributed by atoms with Gasteiger partial charge in [0.05, 0.1) is 11.9 Å². The number of aromatic amines is 1. The molecular weight excluding hydrogens is 268 g/mol. The third kappa shape index (κ3) is 2.78. The fourth-order valence-electron chi connectivity index (χ4n) is 2.55. The minimum absolute atomic E-state index is 0.0473. The van der Waals surface area contributed by atoms with Gasteiger partial charge in [-0.05, 0) is 25.7 Å². The van der Waals surface area contributed by atoms with Crippen LogP contribution in [-0.2, 0) is 4.74 Å². The van der Waals surface area contributed by atoms with Gasteiger partial charge in [-0.2, -0.15) is 9.97 Å². The topological polar surface area (TPSA) is 87.8 Å². The maximum absolute atomic E-state index is 5.64. The maximum Gasteiger partial charge on any atom is 0.226 e. The van der Waals surface area contributed by atoms with Crippen molar-refractivity contribution in [2.75, 3.05) is 30.8 Å². The van der Waals surface area contributed by atoms with Gasteiger partial charge < -0.3 is 20.4 Å². The molecule has 3 N–H and O–H groups in total. The molecule has 0 bridgehead atoms. The molecule has 2 aromatic heterocycles. The van der Waals surface area contributed by atoms with Gasteiger partial charge >= 0.3 is 0 Å². The van der Waals surface area contributed by atoms with Crippen molar-refractivity contribution in [2.24, 2.45) is 0 Å². The van der Waals surface area contributed by atoms with Crippen LogP contribution in [0, 0.1) is 0 Å². The number of imidazole rings is 1. The predicted molar refractivity (Wildman–Crippen MR) is 82.5 cm³/mol. The van der Waals surface area contributed by atoms with Gasteiger partial charge in [-0.3, -0.25) is 0 Å². The summed E-state index contributed by atoms with van der Waals surface area (Å²) < 4.78 is 5.64. The number of nitrogens with zero attached hydrogens (tertiary/aromatic N) is 3. The molecule has 1 saturated carbocycles. The van der Waals surface area contributed by atoms with E-state index in [1.165, 1.54) is 6.42 Å². The first-order valence-corrected chi connectivity index (χ1v) is 7.50. The SMILES string of the molecule is CCCNc1nc(NCC2(OC)CCC2)c2[nH]cnc2n1. The Balaban J connectivity index is 1.80. The molecule has 7 nitrogen and oxygen atoms in total. The van der Waals surface area contributed by atoms with Gasteiger partial charge in [-0.25, -0.2) is 4.98 Å². The van der Waals surface area contributed by atoms with Gasteiger partial charge in [0.1, 0.15) is 5.52 Å². The largest absolute Gasteiger partial charge is 0.376 e. The Hall–Kier alpha value is -1.89. The van der Waals surface area contributed by atoms with Crippen molar-refractivity contribution in [3.63, 3.8) is 0 Å². The van der Waals surface area contributed by atoms with Crippen LogP contribution in [0.4, 0.5) is 11.8 Å². The molecule has 0 radical (unpaired) electrons. The van der Waals surface area contributed by atoms with Crippen LogP contribution in [-0.4, -0.2) is 45.7 Å². The lowest BCUT2D eigenvalue weighted by molar-refractivity contribution is -0.0601. The molecule has 3 rings (SSSR count). The molecule has 0 atom stereocenters. The molecule has 0 amide bonds. The smallest absolute Gasteiger partial charge is 0.226 e. The quantitative estimate of drug-likeness (QED) is 0.724. The molecular formula is C14H22N6O. The number of methoxy groups -OCH3 is 1. The zero-order valence-electron chi connectivity index (χ0n) is 12.6. The average Bonchev–Trinajstić information content (AvgIpc) is 2.92. The van der Waals surface area contributed by atoms with Crippen LogP contribution >= 0.6 is 0 Å². The summed E-state index contributed by atoms with van der Waals surface area (Å²) in [6, 6.07) is 0. The lowest BCUT2D eigenvalue weighted by atomic mass is 9.80. The van der Waals surface area contributed by atoms with E-state index < -0.39 is 0 Å². The lowest BCUT2D eigenvalue weighted by Gasteiger charge is -2.40. The van der Waals surface area contributed by atoms with E-state index >= 15 is 0 Å². The zero-order valence-corrected chi connectivity index (χ0v) is 12.6. The summed E-state index contributed by atoms with van der Waals surface area (Å²) in [4.78, 5) is 16.3. The summed E-state index contributed by atoms with van der Waals surface area (Å²) in [5, 5.41) is 6.61.